The fraction of sp³-hybridized carbons (Fsp3) is 0.600. The summed E-state index contributed by atoms with van der Waals surface area (Å²) in [6.07, 6.45) is 3.42. The average molecular weight is 358 g/mol. The number of benzene rings is 1. The van der Waals surface area contributed by atoms with Crippen LogP contribution in [0, 0.1) is 0 Å². The summed E-state index contributed by atoms with van der Waals surface area (Å²) in [5.41, 5.74) is 2.77. The van der Waals surface area contributed by atoms with Crippen molar-refractivity contribution in [2.45, 2.75) is 38.3 Å². The van der Waals surface area contributed by atoms with Gasteiger partial charge in [0.25, 0.3) is 0 Å². The van der Waals surface area contributed by atoms with E-state index in [9.17, 15) is 9.59 Å². The van der Waals surface area contributed by atoms with Gasteiger partial charge in [-0.15, -0.1) is 0 Å². The van der Waals surface area contributed by atoms with E-state index in [1.54, 1.807) is 4.90 Å². The molecule has 0 saturated carbocycles. The first-order chi connectivity index (χ1) is 12.5. The second-order valence-electron chi connectivity index (χ2n) is 7.49. The highest BCUT2D eigenvalue weighted by atomic mass is 16.2. The van der Waals surface area contributed by atoms with Crippen LogP contribution < -0.4 is 5.32 Å². The van der Waals surface area contributed by atoms with E-state index in [0.29, 0.717) is 25.6 Å². The second-order valence-corrected chi connectivity index (χ2v) is 7.49. The summed E-state index contributed by atoms with van der Waals surface area (Å²) in [7, 11) is 3.98. The number of likely N-dealkylation sites (N-methyl/N-ethyl adjacent to an activating group) is 2. The highest BCUT2D eigenvalue weighted by molar-refractivity contribution is 5.78. The number of nitrogens with one attached hydrogen (secondary N) is 1. The molecule has 6 heteroatoms. The lowest BCUT2D eigenvalue weighted by molar-refractivity contribution is -0.127. The quantitative estimate of drug-likeness (QED) is 0.788. The number of urea groups is 1. The minimum atomic E-state index is -0.0370. The maximum Gasteiger partial charge on any atom is 0.317 e. The molecule has 2 heterocycles. The summed E-state index contributed by atoms with van der Waals surface area (Å²) in [4.78, 5) is 29.9. The van der Waals surface area contributed by atoms with Crippen molar-refractivity contribution >= 4 is 11.9 Å². The summed E-state index contributed by atoms with van der Waals surface area (Å²) < 4.78 is 0. The fourth-order valence-corrected chi connectivity index (χ4v) is 3.86. The topological polar surface area (TPSA) is 55.9 Å². The molecule has 0 bridgehead atoms. The van der Waals surface area contributed by atoms with Gasteiger partial charge in [0, 0.05) is 52.2 Å². The van der Waals surface area contributed by atoms with E-state index >= 15 is 0 Å². The molecular formula is C20H30N4O2. The number of rotatable bonds is 6. The number of likely N-dealkylation sites (tertiary alicyclic amines) is 1. The van der Waals surface area contributed by atoms with Crippen LogP contribution in [0.5, 0.6) is 0 Å². The van der Waals surface area contributed by atoms with Gasteiger partial charge in [0.15, 0.2) is 0 Å². The third-order valence-corrected chi connectivity index (χ3v) is 5.50. The number of hydrogen-bond acceptors (Lipinski definition) is 3. The zero-order valence-corrected chi connectivity index (χ0v) is 15.9. The van der Waals surface area contributed by atoms with Gasteiger partial charge in [-0.2, -0.15) is 0 Å². The molecule has 0 aromatic heterocycles. The number of carbonyl (C=O) groups excluding carboxylic acids is 2. The van der Waals surface area contributed by atoms with Gasteiger partial charge in [-0.1, -0.05) is 24.3 Å². The molecule has 1 atom stereocenters. The highest BCUT2D eigenvalue weighted by Gasteiger charge is 2.25. The molecule has 0 spiro atoms. The maximum absolute atomic E-state index is 12.3. The Hall–Kier alpha value is -2.08. The van der Waals surface area contributed by atoms with E-state index in [4.69, 9.17) is 0 Å². The van der Waals surface area contributed by atoms with Crippen LogP contribution in [0.3, 0.4) is 0 Å². The van der Waals surface area contributed by atoms with Crippen LogP contribution in [-0.2, 0) is 17.8 Å². The zero-order valence-electron chi connectivity index (χ0n) is 15.9. The van der Waals surface area contributed by atoms with Crippen molar-refractivity contribution < 1.29 is 9.59 Å². The molecule has 1 fully saturated rings. The van der Waals surface area contributed by atoms with Gasteiger partial charge in [0.05, 0.1) is 0 Å². The number of hydrogen-bond donors (Lipinski definition) is 1. The largest absolute Gasteiger partial charge is 0.343 e. The molecule has 1 saturated heterocycles. The minimum Gasteiger partial charge on any atom is -0.343 e. The van der Waals surface area contributed by atoms with Crippen molar-refractivity contribution in [2.24, 2.45) is 0 Å². The summed E-state index contributed by atoms with van der Waals surface area (Å²) >= 11 is 0. The molecule has 3 rings (SSSR count). The van der Waals surface area contributed by atoms with E-state index in [1.807, 2.05) is 11.9 Å². The van der Waals surface area contributed by atoms with Crippen LogP contribution in [0.4, 0.5) is 4.79 Å². The molecule has 2 aliphatic rings. The SMILES string of the molecule is CN(C[C@H]1Cc2ccccc2CN1C)C(=O)NCCCN1CCCC1=O. The minimum absolute atomic E-state index is 0.0370. The molecule has 2 aliphatic heterocycles. The van der Waals surface area contributed by atoms with E-state index in [1.165, 1.54) is 11.1 Å². The van der Waals surface area contributed by atoms with Crippen LogP contribution >= 0.6 is 0 Å². The van der Waals surface area contributed by atoms with Crippen molar-refractivity contribution in [3.05, 3.63) is 35.4 Å². The molecule has 0 unspecified atom stereocenters. The summed E-state index contributed by atoms with van der Waals surface area (Å²) in [5.74, 6) is 0.245. The van der Waals surface area contributed by atoms with Crippen LogP contribution in [0.1, 0.15) is 30.4 Å². The molecule has 1 aromatic rings. The number of amides is 3. The number of nitrogens with zero attached hydrogens (tertiary/aromatic N) is 3. The normalized spacial score (nSPS) is 20.2. The van der Waals surface area contributed by atoms with Gasteiger partial charge in [0.1, 0.15) is 0 Å². The van der Waals surface area contributed by atoms with E-state index < -0.39 is 0 Å². The number of fused-ring (bicyclic) bond motifs is 1. The third kappa shape index (κ3) is 4.55. The Kier molecular flexibility index (Phi) is 6.14. The standard InChI is InChI=1S/C20H30N4O2/c1-22-14-17-8-4-3-7-16(17)13-18(22)15-23(2)20(26)21-10-6-12-24-11-5-9-19(24)25/h3-4,7-8,18H,5-6,9-15H2,1-2H3,(H,21,26)/t18-/m1/s1. The first-order valence-corrected chi connectivity index (χ1v) is 9.58. The lowest BCUT2D eigenvalue weighted by atomic mass is 9.94. The van der Waals surface area contributed by atoms with Gasteiger partial charge < -0.3 is 15.1 Å². The van der Waals surface area contributed by atoms with Crippen molar-refractivity contribution in [3.8, 4) is 0 Å². The maximum atomic E-state index is 12.3. The molecule has 0 radical (unpaired) electrons. The van der Waals surface area contributed by atoms with Gasteiger partial charge in [-0.05, 0) is 37.4 Å². The third-order valence-electron chi connectivity index (χ3n) is 5.50. The average Bonchev–Trinajstić information content (AvgIpc) is 3.04. The van der Waals surface area contributed by atoms with Crippen LogP contribution in [0.2, 0.25) is 0 Å². The second kappa shape index (κ2) is 8.54. The zero-order chi connectivity index (χ0) is 18.5. The van der Waals surface area contributed by atoms with Crippen LogP contribution in [0.15, 0.2) is 24.3 Å². The monoisotopic (exact) mass is 358 g/mol. The summed E-state index contributed by atoms with van der Waals surface area (Å²) in [6, 6.07) is 8.84. The molecule has 26 heavy (non-hydrogen) atoms. The molecule has 142 valence electrons. The van der Waals surface area contributed by atoms with Crippen molar-refractivity contribution in [1.29, 1.82) is 0 Å². The van der Waals surface area contributed by atoms with Gasteiger partial charge in [-0.25, -0.2) is 4.79 Å². The molecule has 6 nitrogen and oxygen atoms in total. The Bertz CT molecular complexity index is 648. The van der Waals surface area contributed by atoms with Gasteiger partial charge in [0.2, 0.25) is 5.91 Å². The first kappa shape index (κ1) is 18.7. The Morgan fingerprint density at radius 1 is 1.31 bits per heavy atom. The first-order valence-electron chi connectivity index (χ1n) is 9.58. The molecule has 0 aliphatic carbocycles. The van der Waals surface area contributed by atoms with Gasteiger partial charge >= 0.3 is 6.03 Å². The fourth-order valence-electron chi connectivity index (χ4n) is 3.86. The van der Waals surface area contributed by atoms with Crippen LogP contribution in [0.25, 0.3) is 0 Å². The molecule has 1 N–H and O–H groups in total. The van der Waals surface area contributed by atoms with Crippen molar-refractivity contribution in [1.82, 2.24) is 20.0 Å². The predicted molar refractivity (Wildman–Crippen MR) is 102 cm³/mol. The van der Waals surface area contributed by atoms with Gasteiger partial charge in [-0.3, -0.25) is 9.69 Å². The van der Waals surface area contributed by atoms with Crippen LogP contribution in [-0.4, -0.2) is 73.0 Å². The Labute approximate surface area is 156 Å². The highest BCUT2D eigenvalue weighted by Crippen LogP contribution is 2.22. The van der Waals surface area contributed by atoms with E-state index in [0.717, 1.165) is 38.9 Å². The predicted octanol–water partition coefficient (Wildman–Crippen LogP) is 1.70. The molecular weight excluding hydrogens is 328 g/mol. The lowest BCUT2D eigenvalue weighted by Crippen LogP contribution is -2.48. The smallest absolute Gasteiger partial charge is 0.317 e. The summed E-state index contributed by atoms with van der Waals surface area (Å²) in [5, 5.41) is 2.98. The van der Waals surface area contributed by atoms with E-state index in [-0.39, 0.29) is 11.9 Å². The van der Waals surface area contributed by atoms with Crippen molar-refractivity contribution in [3.63, 3.8) is 0 Å². The molecule has 1 aromatic carbocycles. The number of carbonyl (C=O) groups is 2. The summed E-state index contributed by atoms with van der Waals surface area (Å²) in [6.45, 7) is 3.85. The molecule has 3 amide bonds. The lowest BCUT2D eigenvalue weighted by Gasteiger charge is -2.36. The Morgan fingerprint density at radius 3 is 2.81 bits per heavy atom. The Morgan fingerprint density at radius 2 is 2.08 bits per heavy atom. The van der Waals surface area contributed by atoms with Crippen molar-refractivity contribution in [2.75, 3.05) is 40.3 Å². The Balaban J connectivity index is 1.40. The van der Waals surface area contributed by atoms with E-state index in [2.05, 4.69) is 41.5 Å².